The van der Waals surface area contributed by atoms with E-state index in [1.165, 1.54) is 28.4 Å². The maximum Gasteiger partial charge on any atom is 0.305 e. The molecule has 0 fully saturated rings. The van der Waals surface area contributed by atoms with Gasteiger partial charge in [-0.05, 0) is 122 Å². The van der Waals surface area contributed by atoms with Crippen LogP contribution in [0.1, 0.15) is 93.0 Å². The van der Waals surface area contributed by atoms with Crippen LogP contribution in [0.3, 0.4) is 0 Å². The SMILES string of the molecule is COC(=O)CCc1c2[15nH]c(c1C)/C=c1\[15nH]/c(c(CCC(=O)OC)c1C)=C\c1[15nH]c(c(C)c1CCC(=O)OC)/C=c1\[15nH]/c(c(C)c1CCC(=O)OC)=C\2. The lowest BCUT2D eigenvalue weighted by atomic mass is 10.0. The Morgan fingerprint density at radius 1 is 0.404 bits per heavy atom. The third-order valence-electron chi connectivity index (χ3n) is 10.2. The fourth-order valence-electron chi connectivity index (χ4n) is 6.97. The largest absolute Gasteiger partial charge is 0.469 e. The van der Waals surface area contributed by atoms with E-state index < -0.39 is 0 Å². The molecule has 0 aliphatic carbocycles. The number of esters is 4. The number of nitrogens with one attached hydrogen (secondary N) is 4. The lowest BCUT2D eigenvalue weighted by molar-refractivity contribution is -0.141. The van der Waals surface area contributed by atoms with E-state index in [-0.39, 0.29) is 49.6 Å². The van der Waals surface area contributed by atoms with Crippen LogP contribution in [0.4, 0.5) is 0 Å². The van der Waals surface area contributed by atoms with E-state index in [4.69, 9.17) is 18.9 Å². The van der Waals surface area contributed by atoms with Gasteiger partial charge in [0, 0.05) is 69.9 Å². The molecular formula is C40H48N4O8. The molecule has 5 rings (SSSR count). The summed E-state index contributed by atoms with van der Waals surface area (Å²) in [4.78, 5) is 63.6. The van der Waals surface area contributed by atoms with Crippen molar-refractivity contribution >= 4 is 48.2 Å². The molecule has 1 aliphatic rings. The lowest BCUT2D eigenvalue weighted by Gasteiger charge is -2.03. The standard InChI is InChI=1S/C40H48N4O8/c1-21-25(9-13-37(45)49-5)33-18-31-23(3)26(10-14-38(46)50-6)34(43-31)19-32-24(4)28(12-16-40(48)52-8)36(44-32)20-35-27(11-15-39(47)51-7)22(2)30(42-35)17-29(21)41-33/h17-20,41-44H,9-16H2,1-8H3/b29-17?,30-17-,31-18-,32-19?,33-18?,34-19-,35-20-,36-20?/i41+1,42+1,43+1,44+1. The second-order valence-electron chi connectivity index (χ2n) is 13.1. The molecule has 8 bridgehead atoms. The van der Waals surface area contributed by atoms with E-state index in [9.17, 15) is 19.2 Å². The van der Waals surface area contributed by atoms with Crippen molar-refractivity contribution in [2.45, 2.75) is 79.1 Å². The fourth-order valence-corrected chi connectivity index (χ4v) is 6.97. The second-order valence-corrected chi connectivity index (χ2v) is 13.1. The summed E-state index contributed by atoms with van der Waals surface area (Å²) in [5.74, 6) is -1.21. The molecule has 0 unspecified atom stereocenters. The Bertz CT molecular complexity index is 2280. The summed E-state index contributed by atoms with van der Waals surface area (Å²) in [6, 6.07) is 0. The summed E-state index contributed by atoms with van der Waals surface area (Å²) in [6.45, 7) is 8.11. The van der Waals surface area contributed by atoms with Crippen LogP contribution in [0.15, 0.2) is 0 Å². The summed E-state index contributed by atoms with van der Waals surface area (Å²) < 4.78 is 19.9. The van der Waals surface area contributed by atoms with E-state index in [0.29, 0.717) is 25.7 Å². The van der Waals surface area contributed by atoms with Crippen molar-refractivity contribution in [1.82, 2.24) is 19.9 Å². The van der Waals surface area contributed by atoms with Crippen LogP contribution in [0.2, 0.25) is 0 Å². The number of rotatable bonds is 12. The molecule has 0 saturated heterocycles. The Balaban J connectivity index is 1.86. The third-order valence-corrected chi connectivity index (χ3v) is 10.2. The van der Waals surface area contributed by atoms with Crippen molar-refractivity contribution in [2.75, 3.05) is 28.4 Å². The molecule has 4 aromatic heterocycles. The number of methoxy groups -OCH3 is 4. The smallest absolute Gasteiger partial charge is 0.305 e. The zero-order valence-electron chi connectivity index (χ0n) is 31.2. The van der Waals surface area contributed by atoms with Crippen molar-refractivity contribution in [2.24, 2.45) is 0 Å². The molecule has 0 aromatic carbocycles. The van der Waals surface area contributed by atoms with Gasteiger partial charge in [-0.15, -0.1) is 0 Å². The van der Waals surface area contributed by atoms with Crippen molar-refractivity contribution in [3.63, 3.8) is 0 Å². The highest BCUT2D eigenvalue weighted by Gasteiger charge is 2.19. The first kappa shape index (κ1) is 37.7. The molecule has 4 aromatic rings. The number of H-pyrrole nitrogens is 4. The van der Waals surface area contributed by atoms with Gasteiger partial charge in [0.2, 0.25) is 0 Å². The van der Waals surface area contributed by atoms with E-state index >= 15 is 0 Å². The normalized spacial score (nSPS) is 14.5. The van der Waals surface area contributed by atoms with Gasteiger partial charge in [-0.1, -0.05) is 0 Å². The topological polar surface area (TPSA) is 168 Å². The zero-order valence-corrected chi connectivity index (χ0v) is 31.2. The molecule has 1 aliphatic heterocycles. The molecule has 4 N–H and O–H groups in total. The van der Waals surface area contributed by atoms with E-state index in [2.05, 4.69) is 32.1 Å². The highest BCUT2D eigenvalue weighted by atomic mass is 16.5. The number of aromatic nitrogens is 4. The van der Waals surface area contributed by atoms with Gasteiger partial charge in [0.25, 0.3) is 0 Å². The molecule has 0 radical (unpaired) electrons. The first-order valence-electron chi connectivity index (χ1n) is 17.4. The Morgan fingerprint density at radius 2 is 0.692 bits per heavy atom. The molecule has 276 valence electrons. The number of hydrogen-bond donors (Lipinski definition) is 4. The predicted molar refractivity (Wildman–Crippen MR) is 196 cm³/mol. The molecule has 5 heterocycles. The number of carbonyl (C=O) groups excluding carboxylic acids is 4. The van der Waals surface area contributed by atoms with Crippen molar-refractivity contribution in [3.8, 4) is 0 Å². The maximum absolute atomic E-state index is 12.3. The van der Waals surface area contributed by atoms with E-state index in [0.717, 1.165) is 88.7 Å². The highest BCUT2D eigenvalue weighted by Crippen LogP contribution is 2.24. The summed E-state index contributed by atoms with van der Waals surface area (Å²) in [7, 11) is 5.54. The van der Waals surface area contributed by atoms with Gasteiger partial charge in [0.05, 0.1) is 28.4 Å². The average molecular weight is 717 g/mol. The summed E-state index contributed by atoms with van der Waals surface area (Å²) in [5, 5.41) is 3.38. The number of aromatic amines is 4. The van der Waals surface area contributed by atoms with Gasteiger partial charge in [-0.2, -0.15) is 0 Å². The van der Waals surface area contributed by atoms with Gasteiger partial charge in [0.1, 0.15) is 0 Å². The monoisotopic (exact) mass is 716 g/mol. The Hall–Kier alpha value is -5.52. The summed E-state index contributed by atoms with van der Waals surface area (Å²) in [5.41, 5.74) is 11.2. The molecule has 0 spiro atoms. The highest BCUT2D eigenvalue weighted by molar-refractivity contribution is 5.73. The first-order chi connectivity index (χ1) is 24.9. The predicted octanol–water partition coefficient (Wildman–Crippen LogP) is 2.28. The van der Waals surface area contributed by atoms with Crippen LogP contribution >= 0.6 is 0 Å². The molecule has 0 amide bonds. The van der Waals surface area contributed by atoms with Gasteiger partial charge in [0.15, 0.2) is 0 Å². The van der Waals surface area contributed by atoms with Crippen LogP contribution in [0.25, 0.3) is 24.3 Å². The molecular weight excluding hydrogens is 668 g/mol. The number of hydrogen-bond acceptors (Lipinski definition) is 8. The summed E-state index contributed by atoms with van der Waals surface area (Å²) >= 11 is 0. The average Bonchev–Trinajstić information content (AvgIpc) is 3.80. The molecule has 52 heavy (non-hydrogen) atoms. The zero-order chi connectivity index (χ0) is 37.7. The Labute approximate surface area is 302 Å². The minimum Gasteiger partial charge on any atom is -0.469 e. The van der Waals surface area contributed by atoms with Crippen molar-refractivity contribution < 1.29 is 38.1 Å². The lowest BCUT2D eigenvalue weighted by Crippen LogP contribution is -2.14. The van der Waals surface area contributed by atoms with E-state index in [1.807, 2.05) is 39.8 Å². The number of carbonyl (C=O) groups is 4. The number of fused-ring (bicyclic) bond motifs is 8. The van der Waals surface area contributed by atoms with Crippen molar-refractivity contribution in [3.05, 3.63) is 88.7 Å². The van der Waals surface area contributed by atoms with Gasteiger partial charge >= 0.3 is 23.9 Å². The molecule has 0 saturated carbocycles. The first-order valence-corrected chi connectivity index (χ1v) is 17.4. The Morgan fingerprint density at radius 3 is 1.04 bits per heavy atom. The molecule has 12 nitrogen and oxygen atoms in total. The Kier molecular flexibility index (Phi) is 11.8. The third kappa shape index (κ3) is 8.01. The minimum absolute atomic E-state index is 0.199. The van der Waals surface area contributed by atoms with Crippen LogP contribution < -0.4 is 21.4 Å². The molecule has 0 atom stereocenters. The maximum atomic E-state index is 12.3. The summed E-state index contributed by atoms with van der Waals surface area (Å²) in [6.07, 6.45) is 10.8. The van der Waals surface area contributed by atoms with Crippen molar-refractivity contribution in [1.29, 1.82) is 0 Å². The minimum atomic E-state index is -0.307. The van der Waals surface area contributed by atoms with E-state index in [1.54, 1.807) is 0 Å². The quantitative estimate of drug-likeness (QED) is 0.113. The fraction of sp³-hybridized carbons (Fsp3) is 0.400. The van der Waals surface area contributed by atoms with Crippen LogP contribution in [-0.2, 0) is 63.8 Å². The van der Waals surface area contributed by atoms with Crippen LogP contribution in [0.5, 0.6) is 0 Å². The van der Waals surface area contributed by atoms with Gasteiger partial charge in [-0.3, -0.25) is 19.2 Å². The second kappa shape index (κ2) is 16.2. The van der Waals surface area contributed by atoms with Gasteiger partial charge in [-0.25, -0.2) is 0 Å². The van der Waals surface area contributed by atoms with Gasteiger partial charge < -0.3 is 38.9 Å². The number of ether oxygens (including phenoxy) is 4. The molecule has 12 heteroatoms. The van der Waals surface area contributed by atoms with Crippen LogP contribution in [0, 0.1) is 27.7 Å². The van der Waals surface area contributed by atoms with Crippen LogP contribution in [-0.4, -0.2) is 72.3 Å².